The van der Waals surface area contributed by atoms with Gasteiger partial charge in [-0.25, -0.2) is 9.97 Å². The molecule has 6 heteroatoms. The number of benzene rings is 2. The molecule has 4 rings (SSSR count). The quantitative estimate of drug-likeness (QED) is 0.460. The van der Waals surface area contributed by atoms with Crippen LogP contribution in [0.2, 0.25) is 0 Å². The monoisotopic (exact) mass is 410 g/mol. The van der Waals surface area contributed by atoms with Gasteiger partial charge in [-0.3, -0.25) is 0 Å². The van der Waals surface area contributed by atoms with Crippen molar-refractivity contribution in [1.82, 2.24) is 14.9 Å². The third-order valence-electron chi connectivity index (χ3n) is 4.33. The van der Waals surface area contributed by atoms with E-state index in [4.69, 9.17) is 9.97 Å². The van der Waals surface area contributed by atoms with E-state index in [1.807, 2.05) is 24.3 Å². The first-order valence-corrected chi connectivity index (χ1v) is 9.83. The molecule has 2 aromatic heterocycles. The molecule has 28 heavy (non-hydrogen) atoms. The van der Waals surface area contributed by atoms with Crippen LogP contribution < -0.4 is 5.32 Å². The molecule has 0 fully saturated rings. The van der Waals surface area contributed by atoms with Crippen molar-refractivity contribution in [2.45, 2.75) is 0 Å². The van der Waals surface area contributed by atoms with Gasteiger partial charge in [-0.05, 0) is 25.7 Å². The van der Waals surface area contributed by atoms with E-state index in [1.54, 1.807) is 11.3 Å². The highest BCUT2D eigenvalue weighted by Crippen LogP contribution is 2.36. The number of aromatic nitrogens is 2. The van der Waals surface area contributed by atoms with Gasteiger partial charge in [-0.15, -0.1) is 23.7 Å². The minimum absolute atomic E-state index is 0. The van der Waals surface area contributed by atoms with Crippen molar-refractivity contribution in [3.05, 3.63) is 66.7 Å². The van der Waals surface area contributed by atoms with Gasteiger partial charge in [0.1, 0.15) is 10.6 Å². The van der Waals surface area contributed by atoms with Crippen molar-refractivity contribution in [1.29, 1.82) is 0 Å². The summed E-state index contributed by atoms with van der Waals surface area (Å²) in [6.45, 7) is 1.78. The maximum Gasteiger partial charge on any atom is 0.163 e. The maximum atomic E-state index is 4.85. The lowest BCUT2D eigenvalue weighted by Crippen LogP contribution is -2.21. The highest BCUT2D eigenvalue weighted by atomic mass is 35.5. The van der Waals surface area contributed by atoms with Crippen LogP contribution in [0, 0.1) is 0 Å². The van der Waals surface area contributed by atoms with Crippen molar-refractivity contribution in [2.24, 2.45) is 0 Å². The fourth-order valence-corrected chi connectivity index (χ4v) is 3.95. The van der Waals surface area contributed by atoms with Crippen molar-refractivity contribution in [3.8, 4) is 21.8 Å². The van der Waals surface area contributed by atoms with Crippen LogP contribution in [0.4, 0.5) is 5.82 Å². The summed E-state index contributed by atoms with van der Waals surface area (Å²) in [4.78, 5) is 14.1. The SMILES string of the molecule is CN(C)CCNc1nc(-c2ccccc2)nc2sc(-c3ccccc3)cc12.Cl. The average Bonchev–Trinajstić information content (AvgIpc) is 3.13. The largest absolute Gasteiger partial charge is 0.368 e. The van der Waals surface area contributed by atoms with Crippen molar-refractivity contribution >= 4 is 39.8 Å². The van der Waals surface area contributed by atoms with Gasteiger partial charge in [-0.1, -0.05) is 60.7 Å². The van der Waals surface area contributed by atoms with Crippen LogP contribution in [0.1, 0.15) is 0 Å². The molecule has 0 aliphatic rings. The van der Waals surface area contributed by atoms with Crippen LogP contribution in [0.5, 0.6) is 0 Å². The Bertz CT molecular complexity index is 1030. The van der Waals surface area contributed by atoms with Crippen LogP contribution in [0.3, 0.4) is 0 Å². The van der Waals surface area contributed by atoms with E-state index in [0.717, 1.165) is 40.5 Å². The fourth-order valence-electron chi connectivity index (χ4n) is 2.92. The summed E-state index contributed by atoms with van der Waals surface area (Å²) in [7, 11) is 4.15. The van der Waals surface area contributed by atoms with Gasteiger partial charge in [0.2, 0.25) is 0 Å². The first-order chi connectivity index (χ1) is 13.2. The van der Waals surface area contributed by atoms with Crippen molar-refractivity contribution in [3.63, 3.8) is 0 Å². The second kappa shape index (κ2) is 9.15. The second-order valence-electron chi connectivity index (χ2n) is 6.69. The van der Waals surface area contributed by atoms with E-state index in [9.17, 15) is 0 Å². The summed E-state index contributed by atoms with van der Waals surface area (Å²) in [5, 5.41) is 4.59. The first-order valence-electron chi connectivity index (χ1n) is 9.02. The molecule has 2 aromatic carbocycles. The number of nitrogens with one attached hydrogen (secondary N) is 1. The van der Waals surface area contributed by atoms with Crippen LogP contribution in [0.15, 0.2) is 66.7 Å². The van der Waals surface area contributed by atoms with Crippen LogP contribution in [-0.4, -0.2) is 42.1 Å². The molecule has 0 unspecified atom stereocenters. The van der Waals surface area contributed by atoms with Crippen molar-refractivity contribution in [2.75, 3.05) is 32.5 Å². The van der Waals surface area contributed by atoms with Gasteiger partial charge in [0.15, 0.2) is 5.82 Å². The van der Waals surface area contributed by atoms with Crippen molar-refractivity contribution < 1.29 is 0 Å². The van der Waals surface area contributed by atoms with Crippen LogP contribution in [-0.2, 0) is 0 Å². The lowest BCUT2D eigenvalue weighted by Gasteiger charge is -2.12. The molecule has 1 N–H and O–H groups in total. The van der Waals surface area contributed by atoms with E-state index < -0.39 is 0 Å². The number of hydrogen-bond donors (Lipinski definition) is 1. The lowest BCUT2D eigenvalue weighted by atomic mass is 10.2. The molecule has 0 bridgehead atoms. The number of fused-ring (bicyclic) bond motifs is 1. The van der Waals surface area contributed by atoms with Gasteiger partial charge in [0, 0.05) is 23.5 Å². The molecule has 0 saturated carbocycles. The number of hydrogen-bond acceptors (Lipinski definition) is 5. The Kier molecular flexibility index (Phi) is 6.62. The molecule has 0 aliphatic heterocycles. The third kappa shape index (κ3) is 4.50. The molecule has 4 aromatic rings. The van der Waals surface area contributed by atoms with E-state index in [0.29, 0.717) is 0 Å². The van der Waals surface area contributed by atoms with Gasteiger partial charge >= 0.3 is 0 Å². The highest BCUT2D eigenvalue weighted by Gasteiger charge is 2.13. The molecule has 0 radical (unpaired) electrons. The van der Waals surface area contributed by atoms with E-state index in [-0.39, 0.29) is 12.4 Å². The lowest BCUT2D eigenvalue weighted by molar-refractivity contribution is 0.425. The predicted molar refractivity (Wildman–Crippen MR) is 123 cm³/mol. The topological polar surface area (TPSA) is 41.0 Å². The molecule has 4 nitrogen and oxygen atoms in total. The Labute approximate surface area is 175 Å². The zero-order valence-electron chi connectivity index (χ0n) is 15.9. The normalized spacial score (nSPS) is 10.8. The Morgan fingerprint density at radius 2 is 1.54 bits per heavy atom. The van der Waals surface area contributed by atoms with E-state index in [2.05, 4.69) is 66.8 Å². The van der Waals surface area contributed by atoms with Gasteiger partial charge < -0.3 is 10.2 Å². The van der Waals surface area contributed by atoms with E-state index in [1.165, 1.54) is 10.4 Å². The molecule has 0 atom stereocenters. The fraction of sp³-hybridized carbons (Fsp3) is 0.182. The number of thiophene rings is 1. The predicted octanol–water partition coefficient (Wildman–Crippen LogP) is 5.42. The molecule has 0 spiro atoms. The first kappa shape index (κ1) is 20.3. The van der Waals surface area contributed by atoms with Gasteiger partial charge in [-0.2, -0.15) is 0 Å². The molecule has 144 valence electrons. The third-order valence-corrected chi connectivity index (χ3v) is 5.41. The highest BCUT2D eigenvalue weighted by molar-refractivity contribution is 7.21. The summed E-state index contributed by atoms with van der Waals surface area (Å²) in [6.07, 6.45) is 0. The van der Waals surface area contributed by atoms with Crippen LogP contribution >= 0.6 is 23.7 Å². The Balaban J connectivity index is 0.00000225. The van der Waals surface area contributed by atoms with E-state index >= 15 is 0 Å². The number of nitrogens with zero attached hydrogens (tertiary/aromatic N) is 3. The molecule has 0 aliphatic carbocycles. The summed E-state index contributed by atoms with van der Waals surface area (Å²) < 4.78 is 0. The number of halogens is 1. The number of anilines is 1. The average molecular weight is 411 g/mol. The zero-order chi connectivity index (χ0) is 18.6. The zero-order valence-corrected chi connectivity index (χ0v) is 17.6. The van der Waals surface area contributed by atoms with Gasteiger partial charge in [0.25, 0.3) is 0 Å². The molecule has 0 saturated heterocycles. The Morgan fingerprint density at radius 3 is 2.18 bits per heavy atom. The summed E-state index contributed by atoms with van der Waals surface area (Å²) in [5.74, 6) is 1.66. The minimum atomic E-state index is 0. The Hall–Kier alpha value is -2.47. The molecular weight excluding hydrogens is 388 g/mol. The summed E-state index contributed by atoms with van der Waals surface area (Å²) in [6, 6.07) is 22.8. The maximum absolute atomic E-state index is 4.85. The number of likely N-dealkylation sites (N-methyl/N-ethyl adjacent to an activating group) is 1. The number of rotatable bonds is 6. The molecule has 2 heterocycles. The Morgan fingerprint density at radius 1 is 0.893 bits per heavy atom. The second-order valence-corrected chi connectivity index (χ2v) is 7.72. The molecule has 0 amide bonds. The summed E-state index contributed by atoms with van der Waals surface area (Å²) in [5.41, 5.74) is 2.24. The molecular formula is C22H23ClN4S. The van der Waals surface area contributed by atoms with Crippen LogP contribution in [0.25, 0.3) is 32.0 Å². The van der Waals surface area contributed by atoms with Gasteiger partial charge in [0.05, 0.1) is 5.39 Å². The summed E-state index contributed by atoms with van der Waals surface area (Å²) >= 11 is 1.71. The smallest absolute Gasteiger partial charge is 0.163 e. The standard InChI is InChI=1S/C22H22N4S.ClH/c1-26(2)14-13-23-21-18-15-19(16-9-5-3-6-10-16)27-22(18)25-20(24-21)17-11-7-4-8-12-17;/h3-12,15H,13-14H2,1-2H3,(H,23,24,25);1H. The minimum Gasteiger partial charge on any atom is -0.368 e.